The van der Waals surface area contributed by atoms with Crippen LogP contribution in [0.1, 0.15) is 0 Å². The van der Waals surface area contributed by atoms with Crippen LogP contribution in [0.2, 0.25) is 5.02 Å². The Morgan fingerprint density at radius 1 is 1.00 bits per heavy atom. The van der Waals surface area contributed by atoms with Crippen molar-refractivity contribution in [1.29, 1.82) is 0 Å². The van der Waals surface area contributed by atoms with E-state index in [1.807, 2.05) is 17.0 Å². The number of ether oxygens (including phenoxy) is 2. The van der Waals surface area contributed by atoms with Gasteiger partial charge in [-0.2, -0.15) is 0 Å². The normalized spacial score (nSPS) is 13.8. The second-order valence-corrected chi connectivity index (χ2v) is 10.7. The van der Waals surface area contributed by atoms with Crippen LogP contribution in [0.4, 0.5) is 17.1 Å². The Labute approximate surface area is 217 Å². The molecule has 3 aromatic carbocycles. The summed E-state index contributed by atoms with van der Waals surface area (Å²) >= 11 is 9.26. The lowest BCUT2D eigenvalue weighted by molar-refractivity contribution is -0.118. The van der Waals surface area contributed by atoms with E-state index in [4.69, 9.17) is 21.1 Å². The van der Waals surface area contributed by atoms with E-state index < -0.39 is 15.9 Å². The second kappa shape index (κ2) is 11.3. The van der Waals surface area contributed by atoms with Gasteiger partial charge in [0.2, 0.25) is 0 Å². The topological polar surface area (TPSA) is 97.0 Å². The number of morpholine rings is 1. The third-order valence-corrected chi connectivity index (χ3v) is 7.36. The Bertz CT molecular complexity index is 1280. The van der Waals surface area contributed by atoms with Gasteiger partial charge in [0.25, 0.3) is 15.9 Å². The fraction of sp³-hybridized carbons (Fsp3) is 0.208. The molecule has 0 aliphatic carbocycles. The van der Waals surface area contributed by atoms with Crippen LogP contribution >= 0.6 is 27.5 Å². The number of hydrogen-bond donors (Lipinski definition) is 2. The molecule has 4 rings (SSSR count). The molecule has 8 nitrogen and oxygen atoms in total. The van der Waals surface area contributed by atoms with Crippen LogP contribution in [-0.4, -0.2) is 47.2 Å². The molecule has 0 radical (unpaired) electrons. The summed E-state index contributed by atoms with van der Waals surface area (Å²) in [5.74, 6) is 0.127. The monoisotopic (exact) mass is 579 g/mol. The van der Waals surface area contributed by atoms with Crippen LogP contribution in [0, 0.1) is 0 Å². The van der Waals surface area contributed by atoms with Gasteiger partial charge in [-0.1, -0.05) is 27.5 Å². The maximum atomic E-state index is 13.4. The van der Waals surface area contributed by atoms with E-state index in [0.29, 0.717) is 54.1 Å². The summed E-state index contributed by atoms with van der Waals surface area (Å²) in [6, 6.07) is 18.3. The molecule has 1 aliphatic rings. The van der Waals surface area contributed by atoms with Crippen molar-refractivity contribution >= 4 is 60.5 Å². The SMILES string of the molecule is O=C(COc1ccc(Br)cc1)Nc1ccc(N2CCOCC2)c(S(=O)(=O)Nc2ccc(Cl)cc2)c1. The highest BCUT2D eigenvalue weighted by molar-refractivity contribution is 9.10. The van der Waals surface area contributed by atoms with E-state index >= 15 is 0 Å². The number of nitrogens with zero attached hydrogens (tertiary/aromatic N) is 1. The molecule has 1 amide bonds. The number of amides is 1. The molecule has 1 fully saturated rings. The first-order valence-electron chi connectivity index (χ1n) is 10.7. The molecule has 35 heavy (non-hydrogen) atoms. The maximum Gasteiger partial charge on any atom is 0.264 e. The minimum Gasteiger partial charge on any atom is -0.484 e. The van der Waals surface area contributed by atoms with Gasteiger partial charge in [-0.3, -0.25) is 9.52 Å². The lowest BCUT2D eigenvalue weighted by Gasteiger charge is -2.30. The number of benzene rings is 3. The Kier molecular flexibility index (Phi) is 8.17. The summed E-state index contributed by atoms with van der Waals surface area (Å²) in [4.78, 5) is 14.5. The summed E-state index contributed by atoms with van der Waals surface area (Å²) in [5.41, 5.74) is 1.24. The number of carbonyl (C=O) groups excluding carboxylic acids is 1. The summed E-state index contributed by atoms with van der Waals surface area (Å²) in [6.07, 6.45) is 0. The second-order valence-electron chi connectivity index (χ2n) is 7.69. The molecule has 0 saturated carbocycles. The van der Waals surface area contributed by atoms with Crippen LogP contribution < -0.4 is 19.7 Å². The zero-order valence-electron chi connectivity index (χ0n) is 18.5. The molecule has 0 unspecified atom stereocenters. The minimum absolute atomic E-state index is 0.0426. The Balaban J connectivity index is 1.55. The van der Waals surface area contributed by atoms with E-state index in [1.165, 1.54) is 6.07 Å². The van der Waals surface area contributed by atoms with Crippen molar-refractivity contribution in [2.75, 3.05) is 47.8 Å². The quantitative estimate of drug-likeness (QED) is 0.399. The van der Waals surface area contributed by atoms with E-state index in [-0.39, 0.29) is 11.5 Å². The summed E-state index contributed by atoms with van der Waals surface area (Å²) in [6.45, 7) is 1.87. The minimum atomic E-state index is -3.99. The van der Waals surface area contributed by atoms with Gasteiger partial charge in [-0.15, -0.1) is 0 Å². The van der Waals surface area contributed by atoms with Gasteiger partial charge >= 0.3 is 0 Å². The predicted octanol–water partition coefficient (Wildman–Crippen LogP) is 4.76. The van der Waals surface area contributed by atoms with Gasteiger partial charge in [-0.25, -0.2) is 8.42 Å². The number of halogens is 2. The molecular formula is C24H23BrClN3O5S. The molecule has 1 heterocycles. The average molecular weight is 581 g/mol. The molecule has 3 aromatic rings. The van der Waals surface area contributed by atoms with Crippen LogP contribution in [0.3, 0.4) is 0 Å². The fourth-order valence-corrected chi connectivity index (χ4v) is 5.18. The lowest BCUT2D eigenvalue weighted by Crippen LogP contribution is -2.37. The molecule has 11 heteroatoms. The highest BCUT2D eigenvalue weighted by Gasteiger charge is 2.24. The number of anilines is 3. The number of nitrogens with one attached hydrogen (secondary N) is 2. The summed E-state index contributed by atoms with van der Waals surface area (Å²) in [7, 11) is -3.99. The van der Waals surface area contributed by atoms with Crippen molar-refractivity contribution in [2.45, 2.75) is 4.90 Å². The first-order chi connectivity index (χ1) is 16.8. The third-order valence-electron chi connectivity index (χ3n) is 5.16. The third kappa shape index (κ3) is 6.88. The zero-order chi connectivity index (χ0) is 24.8. The largest absolute Gasteiger partial charge is 0.484 e. The van der Waals surface area contributed by atoms with Crippen molar-refractivity contribution in [2.24, 2.45) is 0 Å². The fourth-order valence-electron chi connectivity index (χ4n) is 3.48. The van der Waals surface area contributed by atoms with Crippen molar-refractivity contribution in [3.63, 3.8) is 0 Å². The molecule has 184 valence electrons. The molecule has 0 aromatic heterocycles. The van der Waals surface area contributed by atoms with E-state index in [2.05, 4.69) is 26.0 Å². The predicted molar refractivity (Wildman–Crippen MR) is 140 cm³/mol. The Morgan fingerprint density at radius 3 is 2.34 bits per heavy atom. The molecule has 1 saturated heterocycles. The Morgan fingerprint density at radius 2 is 1.66 bits per heavy atom. The van der Waals surface area contributed by atoms with Crippen LogP contribution in [0.15, 0.2) is 76.1 Å². The summed E-state index contributed by atoms with van der Waals surface area (Å²) < 4.78 is 41.2. The van der Waals surface area contributed by atoms with Gasteiger partial charge in [0.05, 0.1) is 18.9 Å². The van der Waals surface area contributed by atoms with Crippen molar-refractivity contribution in [1.82, 2.24) is 0 Å². The first-order valence-corrected chi connectivity index (χ1v) is 13.4. The smallest absolute Gasteiger partial charge is 0.264 e. The molecule has 0 atom stereocenters. The molecular weight excluding hydrogens is 558 g/mol. The molecule has 0 bridgehead atoms. The number of hydrogen-bond acceptors (Lipinski definition) is 6. The highest BCUT2D eigenvalue weighted by Crippen LogP contribution is 2.31. The van der Waals surface area contributed by atoms with E-state index in [0.717, 1.165) is 4.47 Å². The molecule has 0 spiro atoms. The van der Waals surface area contributed by atoms with E-state index in [9.17, 15) is 13.2 Å². The van der Waals surface area contributed by atoms with Gasteiger partial charge in [0.15, 0.2) is 6.61 Å². The Hall–Kier alpha value is -2.79. The summed E-state index contributed by atoms with van der Waals surface area (Å²) in [5, 5.41) is 3.21. The van der Waals surface area contributed by atoms with Gasteiger partial charge in [0, 0.05) is 34.0 Å². The average Bonchev–Trinajstić information content (AvgIpc) is 2.85. The zero-order valence-corrected chi connectivity index (χ0v) is 21.7. The van der Waals surface area contributed by atoms with Crippen LogP contribution in [0.5, 0.6) is 5.75 Å². The van der Waals surface area contributed by atoms with Crippen molar-refractivity contribution in [3.05, 3.63) is 76.2 Å². The van der Waals surface area contributed by atoms with Crippen molar-refractivity contribution < 1.29 is 22.7 Å². The molecule has 2 N–H and O–H groups in total. The number of rotatable bonds is 8. The van der Waals surface area contributed by atoms with E-state index in [1.54, 1.807) is 48.5 Å². The van der Waals surface area contributed by atoms with Crippen LogP contribution in [0.25, 0.3) is 0 Å². The van der Waals surface area contributed by atoms with Gasteiger partial charge in [-0.05, 0) is 66.7 Å². The first kappa shape index (κ1) is 25.3. The van der Waals surface area contributed by atoms with Crippen molar-refractivity contribution in [3.8, 4) is 5.75 Å². The standard InChI is InChI=1S/C24H23BrClN3O5S/c25-17-1-8-21(9-2-17)34-16-24(30)27-20-7-10-22(29-11-13-33-14-12-29)23(15-20)35(31,32)28-19-5-3-18(26)4-6-19/h1-10,15,28H,11-14,16H2,(H,27,30). The van der Waals surface area contributed by atoms with Gasteiger partial charge < -0.3 is 19.7 Å². The number of carbonyl (C=O) groups is 1. The van der Waals surface area contributed by atoms with Gasteiger partial charge in [0.1, 0.15) is 10.6 Å². The van der Waals surface area contributed by atoms with Crippen LogP contribution in [-0.2, 0) is 19.6 Å². The maximum absolute atomic E-state index is 13.4. The lowest BCUT2D eigenvalue weighted by atomic mass is 10.2. The molecule has 1 aliphatic heterocycles. The number of sulfonamides is 1. The highest BCUT2D eigenvalue weighted by atomic mass is 79.9.